The highest BCUT2D eigenvalue weighted by atomic mass is 16.7. The standard InChI is InChI=1S/C8H12O4/c1-2-3-8(7(9)10)4-11-6-12-5-8/h2H,1,3-6H2,(H,9,10). The molecule has 0 aromatic carbocycles. The number of aliphatic carboxylic acids is 1. The second kappa shape index (κ2) is 3.69. The average Bonchev–Trinajstić information content (AvgIpc) is 2.06. The molecule has 68 valence electrons. The van der Waals surface area contributed by atoms with Crippen LogP contribution in [0.25, 0.3) is 0 Å². The number of rotatable bonds is 3. The molecule has 1 heterocycles. The molecule has 4 heteroatoms. The molecule has 0 saturated carbocycles. The predicted octanol–water partition coefficient (Wildman–Crippen LogP) is 0.638. The van der Waals surface area contributed by atoms with E-state index in [1.54, 1.807) is 6.08 Å². The van der Waals surface area contributed by atoms with Crippen molar-refractivity contribution in [2.24, 2.45) is 5.41 Å². The first kappa shape index (κ1) is 9.22. The highest BCUT2D eigenvalue weighted by Crippen LogP contribution is 2.26. The number of hydrogen-bond donors (Lipinski definition) is 1. The van der Waals surface area contributed by atoms with Crippen LogP contribution < -0.4 is 0 Å². The largest absolute Gasteiger partial charge is 0.481 e. The van der Waals surface area contributed by atoms with Crippen LogP contribution in [0.15, 0.2) is 12.7 Å². The summed E-state index contributed by atoms with van der Waals surface area (Å²) in [7, 11) is 0. The molecule has 1 aliphatic heterocycles. The van der Waals surface area contributed by atoms with E-state index in [0.29, 0.717) is 6.42 Å². The normalized spacial score (nSPS) is 21.7. The van der Waals surface area contributed by atoms with Crippen LogP contribution in [0, 0.1) is 5.41 Å². The number of ether oxygens (including phenoxy) is 2. The Labute approximate surface area is 70.8 Å². The summed E-state index contributed by atoms with van der Waals surface area (Å²) in [5, 5.41) is 8.91. The highest BCUT2D eigenvalue weighted by molar-refractivity contribution is 5.75. The fourth-order valence-corrected chi connectivity index (χ4v) is 1.18. The smallest absolute Gasteiger partial charge is 0.314 e. The topological polar surface area (TPSA) is 55.8 Å². The summed E-state index contributed by atoms with van der Waals surface area (Å²) in [5.74, 6) is -0.887. The van der Waals surface area contributed by atoms with Gasteiger partial charge in [0.05, 0.1) is 13.2 Å². The maximum atomic E-state index is 10.9. The number of carboxylic acids is 1. The van der Waals surface area contributed by atoms with Crippen molar-refractivity contribution in [3.8, 4) is 0 Å². The zero-order chi connectivity index (χ0) is 9.03. The van der Waals surface area contributed by atoms with Gasteiger partial charge < -0.3 is 14.6 Å². The van der Waals surface area contributed by atoms with Crippen LogP contribution in [-0.2, 0) is 14.3 Å². The zero-order valence-electron chi connectivity index (χ0n) is 6.78. The van der Waals surface area contributed by atoms with E-state index in [2.05, 4.69) is 6.58 Å². The summed E-state index contributed by atoms with van der Waals surface area (Å²) in [6.07, 6.45) is 1.95. The van der Waals surface area contributed by atoms with Crippen molar-refractivity contribution in [3.05, 3.63) is 12.7 Å². The minimum absolute atomic E-state index is 0.187. The van der Waals surface area contributed by atoms with Gasteiger partial charge in [-0.05, 0) is 6.42 Å². The van der Waals surface area contributed by atoms with Gasteiger partial charge in [-0.2, -0.15) is 0 Å². The third kappa shape index (κ3) is 1.65. The minimum Gasteiger partial charge on any atom is -0.481 e. The molecular formula is C8H12O4. The lowest BCUT2D eigenvalue weighted by Crippen LogP contribution is -2.43. The fraction of sp³-hybridized carbons (Fsp3) is 0.625. The van der Waals surface area contributed by atoms with E-state index >= 15 is 0 Å². The molecule has 1 rings (SSSR count). The van der Waals surface area contributed by atoms with Gasteiger partial charge in [-0.3, -0.25) is 4.79 Å². The Morgan fingerprint density at radius 3 is 2.58 bits per heavy atom. The van der Waals surface area contributed by atoms with Crippen LogP contribution in [0.5, 0.6) is 0 Å². The van der Waals surface area contributed by atoms with Gasteiger partial charge in [0.2, 0.25) is 0 Å². The van der Waals surface area contributed by atoms with E-state index in [1.165, 1.54) is 0 Å². The fourth-order valence-electron chi connectivity index (χ4n) is 1.18. The van der Waals surface area contributed by atoms with Crippen molar-refractivity contribution < 1.29 is 19.4 Å². The molecule has 0 atom stereocenters. The Balaban J connectivity index is 2.69. The van der Waals surface area contributed by atoms with E-state index in [9.17, 15) is 4.79 Å². The second-order valence-electron chi connectivity index (χ2n) is 2.89. The Hall–Kier alpha value is -0.870. The van der Waals surface area contributed by atoms with Gasteiger partial charge in [0.15, 0.2) is 0 Å². The maximum absolute atomic E-state index is 10.9. The Kier molecular flexibility index (Phi) is 2.83. The van der Waals surface area contributed by atoms with Gasteiger partial charge >= 0.3 is 5.97 Å². The Morgan fingerprint density at radius 1 is 1.58 bits per heavy atom. The molecule has 0 bridgehead atoms. The van der Waals surface area contributed by atoms with Crippen molar-refractivity contribution >= 4 is 5.97 Å². The lowest BCUT2D eigenvalue weighted by Gasteiger charge is -2.31. The van der Waals surface area contributed by atoms with Gasteiger partial charge in [0.25, 0.3) is 0 Å². The molecule has 1 aliphatic rings. The van der Waals surface area contributed by atoms with E-state index in [1.807, 2.05) is 0 Å². The van der Waals surface area contributed by atoms with E-state index in [-0.39, 0.29) is 20.0 Å². The molecule has 0 unspecified atom stereocenters. The molecule has 0 aromatic heterocycles. The lowest BCUT2D eigenvalue weighted by atomic mass is 9.86. The maximum Gasteiger partial charge on any atom is 0.314 e. The summed E-state index contributed by atoms with van der Waals surface area (Å²) in [4.78, 5) is 10.9. The molecule has 0 amide bonds. The number of hydrogen-bond acceptors (Lipinski definition) is 3. The third-order valence-electron chi connectivity index (χ3n) is 1.91. The van der Waals surface area contributed by atoms with Gasteiger partial charge in [-0.25, -0.2) is 0 Å². The number of carboxylic acid groups (broad SMARTS) is 1. The molecule has 12 heavy (non-hydrogen) atoms. The number of allylic oxidation sites excluding steroid dienone is 1. The van der Waals surface area contributed by atoms with E-state index in [0.717, 1.165) is 0 Å². The number of carbonyl (C=O) groups is 1. The van der Waals surface area contributed by atoms with Gasteiger partial charge in [0.1, 0.15) is 12.2 Å². The van der Waals surface area contributed by atoms with Crippen LogP contribution in [0.3, 0.4) is 0 Å². The molecule has 0 radical (unpaired) electrons. The van der Waals surface area contributed by atoms with Crippen molar-refractivity contribution in [2.45, 2.75) is 6.42 Å². The zero-order valence-corrected chi connectivity index (χ0v) is 6.78. The molecule has 1 N–H and O–H groups in total. The molecule has 1 fully saturated rings. The van der Waals surface area contributed by atoms with E-state index in [4.69, 9.17) is 14.6 Å². The minimum atomic E-state index is -0.917. The predicted molar refractivity (Wildman–Crippen MR) is 41.7 cm³/mol. The van der Waals surface area contributed by atoms with E-state index < -0.39 is 11.4 Å². The van der Waals surface area contributed by atoms with Crippen LogP contribution >= 0.6 is 0 Å². The highest BCUT2D eigenvalue weighted by Gasteiger charge is 2.40. The molecule has 4 nitrogen and oxygen atoms in total. The van der Waals surface area contributed by atoms with Crippen LogP contribution in [-0.4, -0.2) is 31.1 Å². The molecule has 0 aliphatic carbocycles. The molecule has 0 spiro atoms. The van der Waals surface area contributed by atoms with Crippen molar-refractivity contribution in [1.29, 1.82) is 0 Å². The van der Waals surface area contributed by atoms with Crippen molar-refractivity contribution in [3.63, 3.8) is 0 Å². The summed E-state index contributed by atoms with van der Waals surface area (Å²) < 4.78 is 9.90. The Morgan fingerprint density at radius 2 is 2.17 bits per heavy atom. The lowest BCUT2D eigenvalue weighted by molar-refractivity contribution is -0.189. The second-order valence-corrected chi connectivity index (χ2v) is 2.89. The van der Waals surface area contributed by atoms with Gasteiger partial charge in [0, 0.05) is 0 Å². The first-order valence-electron chi connectivity index (χ1n) is 3.71. The molecular weight excluding hydrogens is 160 g/mol. The summed E-state index contributed by atoms with van der Waals surface area (Å²) in [6.45, 7) is 4.10. The quantitative estimate of drug-likeness (QED) is 0.634. The van der Waals surface area contributed by atoms with Gasteiger partial charge in [-0.15, -0.1) is 6.58 Å². The third-order valence-corrected chi connectivity index (χ3v) is 1.91. The van der Waals surface area contributed by atoms with Crippen LogP contribution in [0.4, 0.5) is 0 Å². The molecule has 1 saturated heterocycles. The van der Waals surface area contributed by atoms with Crippen LogP contribution in [0.1, 0.15) is 6.42 Å². The summed E-state index contributed by atoms with van der Waals surface area (Å²) in [6, 6.07) is 0. The average molecular weight is 172 g/mol. The van der Waals surface area contributed by atoms with Crippen LogP contribution in [0.2, 0.25) is 0 Å². The Bertz CT molecular complexity index is 181. The molecule has 0 aromatic rings. The SMILES string of the molecule is C=CCC1(C(=O)O)COCOC1. The summed E-state index contributed by atoms with van der Waals surface area (Å²) in [5.41, 5.74) is -0.917. The van der Waals surface area contributed by atoms with Gasteiger partial charge in [-0.1, -0.05) is 6.08 Å². The monoisotopic (exact) mass is 172 g/mol. The summed E-state index contributed by atoms with van der Waals surface area (Å²) >= 11 is 0. The first-order valence-corrected chi connectivity index (χ1v) is 3.71. The first-order chi connectivity index (χ1) is 5.71. The van der Waals surface area contributed by atoms with Crippen molar-refractivity contribution in [1.82, 2.24) is 0 Å². The van der Waals surface area contributed by atoms with Crippen molar-refractivity contribution in [2.75, 3.05) is 20.0 Å².